The van der Waals surface area contributed by atoms with Gasteiger partial charge in [0, 0.05) is 22.4 Å². The lowest BCUT2D eigenvalue weighted by Crippen LogP contribution is -2.33. The zero-order valence-corrected chi connectivity index (χ0v) is 15.6. The van der Waals surface area contributed by atoms with Crippen molar-refractivity contribution < 1.29 is 4.42 Å². The van der Waals surface area contributed by atoms with E-state index in [-0.39, 0.29) is 0 Å². The van der Waals surface area contributed by atoms with Gasteiger partial charge in [-0.3, -0.25) is 4.90 Å². The molecular weight excluding hydrogens is 416 g/mol. The van der Waals surface area contributed by atoms with E-state index in [9.17, 15) is 0 Å². The van der Waals surface area contributed by atoms with Crippen molar-refractivity contribution in [3.8, 4) is 0 Å². The van der Waals surface area contributed by atoms with Crippen LogP contribution >= 0.6 is 43.2 Å². The normalized spacial score (nSPS) is 17.4. The van der Waals surface area contributed by atoms with Gasteiger partial charge in [0.2, 0.25) is 0 Å². The van der Waals surface area contributed by atoms with Crippen LogP contribution in [0.15, 0.2) is 37.1 Å². The molecule has 3 heterocycles. The molecule has 1 aliphatic rings. The molecule has 3 nitrogen and oxygen atoms in total. The first-order valence-electron chi connectivity index (χ1n) is 7.16. The topological polar surface area (TPSA) is 28.4 Å². The first kappa shape index (κ1) is 15.7. The summed E-state index contributed by atoms with van der Waals surface area (Å²) in [6, 6.07) is 6.57. The summed E-state index contributed by atoms with van der Waals surface area (Å²) in [6.45, 7) is 4.15. The molecule has 21 heavy (non-hydrogen) atoms. The summed E-state index contributed by atoms with van der Waals surface area (Å²) in [4.78, 5) is 3.85. The quantitative estimate of drug-likeness (QED) is 0.709. The molecule has 1 aliphatic heterocycles. The Bertz CT molecular complexity index is 545. The number of hydrogen-bond donors (Lipinski definition) is 1. The summed E-state index contributed by atoms with van der Waals surface area (Å²) in [5, 5.41) is 3.57. The van der Waals surface area contributed by atoms with Crippen LogP contribution in [0.5, 0.6) is 0 Å². The SMILES string of the molecule is Brc1cc(CNCC(c2ccco2)N2CCCC2)sc1Br. The van der Waals surface area contributed by atoms with Gasteiger partial charge in [0.15, 0.2) is 0 Å². The van der Waals surface area contributed by atoms with Crippen molar-refractivity contribution >= 4 is 43.2 Å². The maximum Gasteiger partial charge on any atom is 0.122 e. The molecule has 0 aliphatic carbocycles. The molecule has 1 atom stereocenters. The second-order valence-corrected chi connectivity index (χ2v) is 8.55. The molecule has 2 aromatic rings. The van der Waals surface area contributed by atoms with Crippen LogP contribution in [0.1, 0.15) is 29.5 Å². The lowest BCUT2D eigenvalue weighted by Gasteiger charge is -2.26. The average molecular weight is 434 g/mol. The fraction of sp³-hybridized carbons (Fsp3) is 0.467. The zero-order valence-electron chi connectivity index (χ0n) is 11.6. The predicted octanol–water partition coefficient (Wildman–Crippen LogP) is 4.79. The second kappa shape index (κ2) is 7.42. The van der Waals surface area contributed by atoms with E-state index in [2.05, 4.69) is 54.2 Å². The predicted molar refractivity (Wildman–Crippen MR) is 93.7 cm³/mol. The molecule has 0 bridgehead atoms. The molecule has 0 radical (unpaired) electrons. The van der Waals surface area contributed by atoms with Crippen molar-refractivity contribution in [1.82, 2.24) is 10.2 Å². The van der Waals surface area contributed by atoms with Gasteiger partial charge in [-0.2, -0.15) is 0 Å². The maximum atomic E-state index is 5.64. The van der Waals surface area contributed by atoms with Crippen LogP contribution in [-0.4, -0.2) is 24.5 Å². The molecule has 6 heteroatoms. The van der Waals surface area contributed by atoms with Crippen molar-refractivity contribution in [2.75, 3.05) is 19.6 Å². The monoisotopic (exact) mass is 432 g/mol. The van der Waals surface area contributed by atoms with Crippen LogP contribution in [0.2, 0.25) is 0 Å². The van der Waals surface area contributed by atoms with E-state index in [4.69, 9.17) is 4.42 Å². The number of hydrogen-bond acceptors (Lipinski definition) is 4. The molecule has 114 valence electrons. The molecule has 0 spiro atoms. The Kier molecular flexibility index (Phi) is 5.56. The molecule has 3 rings (SSSR count). The molecule has 2 aromatic heterocycles. The van der Waals surface area contributed by atoms with Crippen molar-refractivity contribution in [3.63, 3.8) is 0 Å². The standard InChI is InChI=1S/C15H18Br2N2OS/c16-12-8-11(21-15(12)17)9-18-10-13(14-4-3-7-20-14)19-5-1-2-6-19/h3-4,7-8,13,18H,1-2,5-6,9-10H2. The first-order chi connectivity index (χ1) is 10.2. The van der Waals surface area contributed by atoms with Gasteiger partial charge in [0.05, 0.1) is 16.1 Å². The third-order valence-corrected chi connectivity index (χ3v) is 7.04. The number of thiophene rings is 1. The van der Waals surface area contributed by atoms with Gasteiger partial charge in [0.1, 0.15) is 5.76 Å². The minimum absolute atomic E-state index is 0.342. The smallest absolute Gasteiger partial charge is 0.122 e. The summed E-state index contributed by atoms with van der Waals surface area (Å²) in [6.07, 6.45) is 4.36. The highest BCUT2D eigenvalue weighted by Crippen LogP contribution is 2.32. The van der Waals surface area contributed by atoms with E-state index in [1.165, 1.54) is 30.8 Å². The van der Waals surface area contributed by atoms with Crippen LogP contribution in [0.4, 0.5) is 0 Å². The van der Waals surface area contributed by atoms with E-state index in [1.807, 2.05) is 6.07 Å². The maximum absolute atomic E-state index is 5.64. The summed E-state index contributed by atoms with van der Waals surface area (Å²) < 4.78 is 7.93. The number of nitrogens with one attached hydrogen (secondary N) is 1. The minimum atomic E-state index is 0.342. The number of furan rings is 1. The van der Waals surface area contributed by atoms with Gasteiger partial charge in [-0.25, -0.2) is 0 Å². The Morgan fingerprint density at radius 2 is 2.14 bits per heavy atom. The Morgan fingerprint density at radius 3 is 2.76 bits per heavy atom. The number of halogens is 2. The van der Waals surface area contributed by atoms with Crippen molar-refractivity contribution in [1.29, 1.82) is 0 Å². The lowest BCUT2D eigenvalue weighted by atomic mass is 10.2. The molecular formula is C15H18Br2N2OS. The highest BCUT2D eigenvalue weighted by Gasteiger charge is 2.25. The van der Waals surface area contributed by atoms with Crippen LogP contribution in [0.3, 0.4) is 0 Å². The third-order valence-electron chi connectivity index (χ3n) is 3.79. The van der Waals surface area contributed by atoms with Crippen LogP contribution in [0.25, 0.3) is 0 Å². The van der Waals surface area contributed by atoms with Gasteiger partial charge in [-0.05, 0) is 76.0 Å². The number of likely N-dealkylation sites (tertiary alicyclic amines) is 1. The summed E-state index contributed by atoms with van der Waals surface area (Å²) >= 11 is 8.84. The molecule has 1 saturated heterocycles. The van der Waals surface area contributed by atoms with E-state index < -0.39 is 0 Å². The van der Waals surface area contributed by atoms with Gasteiger partial charge >= 0.3 is 0 Å². The third kappa shape index (κ3) is 3.99. The van der Waals surface area contributed by atoms with Crippen LogP contribution in [0, 0.1) is 0 Å². The molecule has 0 saturated carbocycles. The summed E-state index contributed by atoms with van der Waals surface area (Å²) in [5.74, 6) is 1.07. The summed E-state index contributed by atoms with van der Waals surface area (Å²) in [7, 11) is 0. The Hall–Kier alpha value is -0.140. The van der Waals surface area contributed by atoms with Gasteiger partial charge in [0.25, 0.3) is 0 Å². The minimum Gasteiger partial charge on any atom is -0.468 e. The summed E-state index contributed by atoms with van der Waals surface area (Å²) in [5.41, 5.74) is 0. The fourth-order valence-corrected chi connectivity index (χ4v) is 4.90. The highest BCUT2D eigenvalue weighted by atomic mass is 79.9. The fourth-order valence-electron chi connectivity index (χ4n) is 2.75. The Labute approximate surface area is 146 Å². The molecule has 1 fully saturated rings. The van der Waals surface area contributed by atoms with Crippen molar-refractivity contribution in [3.05, 3.63) is 43.4 Å². The van der Waals surface area contributed by atoms with E-state index in [0.717, 1.165) is 27.1 Å². The van der Waals surface area contributed by atoms with E-state index in [0.29, 0.717) is 6.04 Å². The van der Waals surface area contributed by atoms with Crippen molar-refractivity contribution in [2.24, 2.45) is 0 Å². The zero-order chi connectivity index (χ0) is 14.7. The largest absolute Gasteiger partial charge is 0.468 e. The van der Waals surface area contributed by atoms with E-state index in [1.54, 1.807) is 17.6 Å². The van der Waals surface area contributed by atoms with Crippen molar-refractivity contribution in [2.45, 2.75) is 25.4 Å². The van der Waals surface area contributed by atoms with Gasteiger partial charge in [-0.1, -0.05) is 0 Å². The first-order valence-corrected chi connectivity index (χ1v) is 9.56. The molecule has 1 N–H and O–H groups in total. The van der Waals surface area contributed by atoms with Crippen LogP contribution in [-0.2, 0) is 6.54 Å². The number of nitrogens with zero attached hydrogens (tertiary/aromatic N) is 1. The lowest BCUT2D eigenvalue weighted by molar-refractivity contribution is 0.209. The molecule has 0 amide bonds. The highest BCUT2D eigenvalue weighted by molar-refractivity contribution is 9.13. The number of rotatable bonds is 6. The Morgan fingerprint density at radius 1 is 1.33 bits per heavy atom. The van der Waals surface area contributed by atoms with Crippen LogP contribution < -0.4 is 5.32 Å². The van der Waals surface area contributed by atoms with E-state index >= 15 is 0 Å². The van der Waals surface area contributed by atoms with Gasteiger partial charge in [-0.15, -0.1) is 11.3 Å². The molecule has 0 aromatic carbocycles. The second-order valence-electron chi connectivity index (χ2n) is 5.24. The molecule has 1 unspecified atom stereocenters. The van der Waals surface area contributed by atoms with Gasteiger partial charge < -0.3 is 9.73 Å². The Balaban J connectivity index is 1.59. The average Bonchev–Trinajstić information content (AvgIpc) is 3.19.